The average Bonchev–Trinajstić information content (AvgIpc) is 3.13. The van der Waals surface area contributed by atoms with Gasteiger partial charge in [-0.1, -0.05) is 18.2 Å². The number of amidine groups is 1. The Kier molecular flexibility index (Phi) is 6.33. The molecule has 3 aromatic carbocycles. The molecule has 0 aliphatic rings. The number of anilines is 3. The number of para-hydroxylation sites is 1. The second-order valence-corrected chi connectivity index (χ2v) is 9.40. The van der Waals surface area contributed by atoms with Gasteiger partial charge in [0.2, 0.25) is 5.95 Å². The van der Waals surface area contributed by atoms with Crippen molar-refractivity contribution >= 4 is 67.5 Å². The highest BCUT2D eigenvalue weighted by atomic mass is 35.5. The van der Waals surface area contributed by atoms with E-state index in [0.29, 0.717) is 28.2 Å². The van der Waals surface area contributed by atoms with Gasteiger partial charge < -0.3 is 15.6 Å². The molecule has 5 rings (SSSR count). The fourth-order valence-corrected chi connectivity index (χ4v) is 4.97. The molecule has 2 aromatic heterocycles. The summed E-state index contributed by atoms with van der Waals surface area (Å²) < 4.78 is 30.8. The van der Waals surface area contributed by atoms with E-state index in [1.807, 2.05) is 41.9 Å². The van der Waals surface area contributed by atoms with Crippen molar-refractivity contribution in [3.63, 3.8) is 0 Å². The monoisotopic (exact) mass is 507 g/mol. The molecule has 9 nitrogen and oxygen atoms in total. The third kappa shape index (κ3) is 4.61. The molecule has 0 bridgehead atoms. The highest BCUT2D eigenvalue weighted by molar-refractivity contribution is 7.93. The van der Waals surface area contributed by atoms with Gasteiger partial charge in [-0.05, 0) is 54.6 Å². The summed E-state index contributed by atoms with van der Waals surface area (Å²) in [6.45, 7) is 0. The number of hydrogen-bond donors (Lipinski definition) is 4. The Morgan fingerprint density at radius 1 is 1.00 bits per heavy atom. The van der Waals surface area contributed by atoms with Crippen LogP contribution in [0.3, 0.4) is 0 Å². The van der Waals surface area contributed by atoms with Crippen molar-refractivity contribution in [2.75, 3.05) is 10.0 Å². The predicted molar refractivity (Wildman–Crippen MR) is 141 cm³/mol. The van der Waals surface area contributed by atoms with Crippen molar-refractivity contribution < 1.29 is 8.42 Å². The van der Waals surface area contributed by atoms with Crippen LogP contribution in [0.25, 0.3) is 21.9 Å². The third-order valence-corrected chi connectivity index (χ3v) is 6.88. The second-order valence-electron chi connectivity index (χ2n) is 7.75. The first kappa shape index (κ1) is 24.0. The smallest absolute Gasteiger partial charge is 0.264 e. The Bertz CT molecular complexity index is 1660. The van der Waals surface area contributed by atoms with Crippen molar-refractivity contribution in [3.8, 4) is 0 Å². The topological polar surface area (TPSA) is 139 Å². The summed E-state index contributed by atoms with van der Waals surface area (Å²) in [7, 11) is -1.99. The van der Waals surface area contributed by atoms with E-state index in [1.165, 1.54) is 6.07 Å². The van der Waals surface area contributed by atoms with Crippen LogP contribution in [0.4, 0.5) is 17.3 Å². The molecule has 0 unspecified atom stereocenters. The summed E-state index contributed by atoms with van der Waals surface area (Å²) >= 11 is 0. The van der Waals surface area contributed by atoms with Crippen LogP contribution in [-0.2, 0) is 17.1 Å². The predicted octanol–water partition coefficient (Wildman–Crippen LogP) is 4.37. The van der Waals surface area contributed by atoms with E-state index in [9.17, 15) is 8.42 Å². The van der Waals surface area contributed by atoms with E-state index in [2.05, 4.69) is 20.0 Å². The molecule has 0 fully saturated rings. The lowest BCUT2D eigenvalue weighted by molar-refractivity contribution is 0.602. The number of benzene rings is 3. The van der Waals surface area contributed by atoms with E-state index < -0.39 is 10.0 Å². The summed E-state index contributed by atoms with van der Waals surface area (Å²) in [5.41, 5.74) is 9.20. The van der Waals surface area contributed by atoms with Crippen LogP contribution in [0.1, 0.15) is 5.56 Å². The summed E-state index contributed by atoms with van der Waals surface area (Å²) in [5.74, 6) is 0.590. The van der Waals surface area contributed by atoms with Crippen molar-refractivity contribution in [3.05, 3.63) is 84.6 Å². The highest BCUT2D eigenvalue weighted by Crippen LogP contribution is 2.27. The van der Waals surface area contributed by atoms with E-state index in [-0.39, 0.29) is 23.1 Å². The van der Waals surface area contributed by atoms with Crippen LogP contribution < -0.4 is 15.8 Å². The standard InChI is InChI=1S/C24H21N7O2S.ClH/c1-31-20-12-11-18(30-34(32,33)21-6-2-4-15-5-3-13-27-22(15)21)14-19(20)29-24(31)28-17-9-7-16(8-10-17)23(25)26;/h2-14,30H,1H3,(H3,25,26)(H,28,29);1H. The molecule has 178 valence electrons. The number of nitrogens with two attached hydrogens (primary N) is 1. The zero-order chi connectivity index (χ0) is 23.9. The third-order valence-electron chi connectivity index (χ3n) is 5.47. The Hall–Kier alpha value is -4.15. The van der Waals surface area contributed by atoms with Crippen LogP contribution in [0, 0.1) is 5.41 Å². The SMILES string of the molecule is Cl.Cn1c(Nc2ccc(C(=N)N)cc2)nc2cc(NS(=O)(=O)c3cccc4cccnc34)ccc21. The van der Waals surface area contributed by atoms with Gasteiger partial charge in [-0.2, -0.15) is 0 Å². The van der Waals surface area contributed by atoms with Crippen molar-refractivity contribution in [1.82, 2.24) is 14.5 Å². The molecule has 0 atom stereocenters. The lowest BCUT2D eigenvalue weighted by Gasteiger charge is -2.10. The number of fused-ring (bicyclic) bond motifs is 2. The Balaban J connectivity index is 0.00000289. The number of nitrogen functional groups attached to an aromatic ring is 1. The van der Waals surface area contributed by atoms with E-state index in [4.69, 9.17) is 11.1 Å². The van der Waals surface area contributed by atoms with Crippen molar-refractivity contribution in [2.24, 2.45) is 12.8 Å². The number of imidazole rings is 1. The van der Waals surface area contributed by atoms with Crippen molar-refractivity contribution in [1.29, 1.82) is 5.41 Å². The molecule has 0 spiro atoms. The van der Waals surface area contributed by atoms with Gasteiger partial charge in [-0.15, -0.1) is 12.4 Å². The fourth-order valence-electron chi connectivity index (χ4n) is 3.74. The largest absolute Gasteiger partial charge is 0.384 e. The van der Waals surface area contributed by atoms with Gasteiger partial charge in [0.05, 0.1) is 22.2 Å². The van der Waals surface area contributed by atoms with Gasteiger partial charge >= 0.3 is 0 Å². The molecule has 5 N–H and O–H groups in total. The van der Waals surface area contributed by atoms with Crippen LogP contribution in [0.15, 0.2) is 83.9 Å². The molecule has 0 saturated carbocycles. The fraction of sp³-hybridized carbons (Fsp3) is 0.0417. The molecule has 0 saturated heterocycles. The van der Waals surface area contributed by atoms with E-state index in [0.717, 1.165) is 16.6 Å². The molecule has 0 aliphatic carbocycles. The Morgan fingerprint density at radius 3 is 2.46 bits per heavy atom. The average molecular weight is 508 g/mol. The maximum absolute atomic E-state index is 13.1. The summed E-state index contributed by atoms with van der Waals surface area (Å²) in [5, 5.41) is 11.5. The zero-order valence-electron chi connectivity index (χ0n) is 18.6. The number of rotatable bonds is 6. The maximum Gasteiger partial charge on any atom is 0.264 e. The molecule has 0 radical (unpaired) electrons. The number of nitrogens with one attached hydrogen (secondary N) is 3. The molecule has 0 aliphatic heterocycles. The van der Waals surface area contributed by atoms with Crippen LogP contribution in [0.2, 0.25) is 0 Å². The molecule has 5 aromatic rings. The van der Waals surface area contributed by atoms with Crippen LogP contribution in [-0.4, -0.2) is 28.8 Å². The van der Waals surface area contributed by atoms with Gasteiger partial charge in [0.25, 0.3) is 10.0 Å². The molecule has 11 heteroatoms. The van der Waals surface area contributed by atoms with Gasteiger partial charge in [-0.25, -0.2) is 13.4 Å². The number of pyridine rings is 1. The number of hydrogen-bond acceptors (Lipinski definition) is 6. The van der Waals surface area contributed by atoms with Gasteiger partial charge in [0.1, 0.15) is 10.7 Å². The second kappa shape index (κ2) is 9.24. The first-order chi connectivity index (χ1) is 16.3. The van der Waals surface area contributed by atoms with Gasteiger partial charge in [-0.3, -0.25) is 15.1 Å². The first-order valence-corrected chi connectivity index (χ1v) is 11.8. The highest BCUT2D eigenvalue weighted by Gasteiger charge is 2.19. The number of sulfonamides is 1. The lowest BCUT2D eigenvalue weighted by atomic mass is 10.2. The normalized spacial score (nSPS) is 11.2. The number of aromatic nitrogens is 3. The quantitative estimate of drug-likeness (QED) is 0.199. The van der Waals surface area contributed by atoms with Crippen molar-refractivity contribution in [2.45, 2.75) is 4.90 Å². The van der Waals surface area contributed by atoms with Crippen LogP contribution >= 0.6 is 12.4 Å². The lowest BCUT2D eigenvalue weighted by Crippen LogP contribution is -2.13. The number of halogens is 1. The molecular weight excluding hydrogens is 486 g/mol. The number of nitrogens with zero attached hydrogens (tertiary/aromatic N) is 3. The molecular formula is C24H22ClN7O2S. The van der Waals surface area contributed by atoms with Crippen LogP contribution in [0.5, 0.6) is 0 Å². The Morgan fingerprint density at radius 2 is 1.71 bits per heavy atom. The van der Waals surface area contributed by atoms with Gasteiger partial charge in [0.15, 0.2) is 0 Å². The van der Waals surface area contributed by atoms with E-state index in [1.54, 1.807) is 42.6 Å². The zero-order valence-corrected chi connectivity index (χ0v) is 20.2. The summed E-state index contributed by atoms with van der Waals surface area (Å²) in [6, 6.07) is 21.0. The minimum absolute atomic E-state index is 0. The Labute approximate surface area is 208 Å². The molecule has 35 heavy (non-hydrogen) atoms. The first-order valence-electron chi connectivity index (χ1n) is 10.4. The van der Waals surface area contributed by atoms with E-state index >= 15 is 0 Å². The minimum atomic E-state index is -3.86. The maximum atomic E-state index is 13.1. The van der Waals surface area contributed by atoms with Gasteiger partial charge in [0, 0.05) is 29.9 Å². The molecule has 2 heterocycles. The minimum Gasteiger partial charge on any atom is -0.384 e. The summed E-state index contributed by atoms with van der Waals surface area (Å²) in [6.07, 6.45) is 1.57. The summed E-state index contributed by atoms with van der Waals surface area (Å²) in [4.78, 5) is 8.98. The molecule has 0 amide bonds. The number of aryl methyl sites for hydroxylation is 1.